The lowest BCUT2D eigenvalue weighted by molar-refractivity contribution is 0.0697. The fraction of sp³-hybridized carbons (Fsp3) is 0.133. The zero-order valence-electron chi connectivity index (χ0n) is 10.4. The van der Waals surface area contributed by atoms with Crippen LogP contribution in [0, 0.1) is 13.8 Å². The number of carboxylic acids is 1. The lowest BCUT2D eigenvalue weighted by Gasteiger charge is -1.97. The average Bonchev–Trinajstić information content (AvgIpc) is 2.36. The van der Waals surface area contributed by atoms with Gasteiger partial charge in [-0.2, -0.15) is 0 Å². The first-order valence-electron chi connectivity index (χ1n) is 5.55. The van der Waals surface area contributed by atoms with Crippen LogP contribution in [-0.2, 0) is 0 Å². The summed E-state index contributed by atoms with van der Waals surface area (Å²) in [6.45, 7) is 4.00. The SMILES string of the molecule is Cc1ccc(O)cc1C.O=C(O)c1ccccc1. The van der Waals surface area contributed by atoms with Gasteiger partial charge in [-0.3, -0.25) is 0 Å². The van der Waals surface area contributed by atoms with Gasteiger partial charge >= 0.3 is 5.97 Å². The lowest BCUT2D eigenvalue weighted by atomic mass is 10.1. The first-order chi connectivity index (χ1) is 8.50. The molecule has 18 heavy (non-hydrogen) atoms. The Balaban J connectivity index is 0.000000180. The first kappa shape index (κ1) is 13.8. The van der Waals surface area contributed by atoms with E-state index in [0.717, 1.165) is 5.56 Å². The monoisotopic (exact) mass is 244 g/mol. The molecule has 3 heteroatoms. The molecule has 0 fully saturated rings. The van der Waals surface area contributed by atoms with Crippen molar-refractivity contribution in [1.29, 1.82) is 0 Å². The second kappa shape index (κ2) is 6.45. The Morgan fingerprint density at radius 3 is 1.94 bits per heavy atom. The largest absolute Gasteiger partial charge is 0.508 e. The molecule has 2 rings (SSSR count). The lowest BCUT2D eigenvalue weighted by Crippen LogP contribution is -1.93. The van der Waals surface area contributed by atoms with Gasteiger partial charge in [-0.25, -0.2) is 4.79 Å². The quantitative estimate of drug-likeness (QED) is 0.808. The van der Waals surface area contributed by atoms with Crippen LogP contribution in [0.25, 0.3) is 0 Å². The summed E-state index contributed by atoms with van der Waals surface area (Å²) >= 11 is 0. The number of carboxylic acid groups (broad SMARTS) is 1. The number of phenolic OH excluding ortho intramolecular Hbond substituents is 1. The van der Waals surface area contributed by atoms with Crippen LogP contribution in [0.3, 0.4) is 0 Å². The van der Waals surface area contributed by atoms with Crippen LogP contribution >= 0.6 is 0 Å². The van der Waals surface area contributed by atoms with Gasteiger partial charge in [0, 0.05) is 0 Å². The van der Waals surface area contributed by atoms with Crippen LogP contribution in [-0.4, -0.2) is 16.2 Å². The van der Waals surface area contributed by atoms with E-state index in [9.17, 15) is 4.79 Å². The molecule has 0 aromatic heterocycles. The number of aryl methyl sites for hydroxylation is 2. The predicted octanol–water partition coefficient (Wildman–Crippen LogP) is 3.39. The number of aromatic carboxylic acids is 1. The van der Waals surface area contributed by atoms with Crippen LogP contribution in [0.1, 0.15) is 21.5 Å². The third-order valence-electron chi connectivity index (χ3n) is 2.51. The van der Waals surface area contributed by atoms with Gasteiger partial charge in [0.25, 0.3) is 0 Å². The van der Waals surface area contributed by atoms with Crippen LogP contribution in [0.15, 0.2) is 48.5 Å². The van der Waals surface area contributed by atoms with Crippen LogP contribution in [0.4, 0.5) is 0 Å². The van der Waals surface area contributed by atoms with Crippen LogP contribution < -0.4 is 0 Å². The minimum absolute atomic E-state index is 0.331. The molecule has 0 amide bonds. The van der Waals surface area contributed by atoms with Crippen molar-refractivity contribution in [2.45, 2.75) is 13.8 Å². The number of rotatable bonds is 1. The highest BCUT2D eigenvalue weighted by Crippen LogP contribution is 2.13. The minimum Gasteiger partial charge on any atom is -0.508 e. The van der Waals surface area contributed by atoms with E-state index in [-0.39, 0.29) is 0 Å². The molecule has 0 bridgehead atoms. The molecule has 3 nitrogen and oxygen atoms in total. The van der Waals surface area contributed by atoms with E-state index in [0.29, 0.717) is 11.3 Å². The van der Waals surface area contributed by atoms with Gasteiger partial charge in [0.15, 0.2) is 0 Å². The second-order valence-electron chi connectivity index (χ2n) is 3.94. The Kier molecular flexibility index (Phi) is 4.93. The highest BCUT2D eigenvalue weighted by atomic mass is 16.4. The zero-order chi connectivity index (χ0) is 13.5. The Labute approximate surface area is 106 Å². The summed E-state index contributed by atoms with van der Waals surface area (Å²) in [4.78, 5) is 10.2. The zero-order valence-corrected chi connectivity index (χ0v) is 10.4. The third-order valence-corrected chi connectivity index (χ3v) is 2.51. The number of carbonyl (C=O) groups is 1. The van der Waals surface area contributed by atoms with Crippen molar-refractivity contribution in [2.75, 3.05) is 0 Å². The van der Waals surface area contributed by atoms with E-state index in [4.69, 9.17) is 10.2 Å². The van der Waals surface area contributed by atoms with Crippen molar-refractivity contribution in [2.24, 2.45) is 0 Å². The Hall–Kier alpha value is -2.29. The number of hydrogen-bond acceptors (Lipinski definition) is 2. The van der Waals surface area contributed by atoms with Crippen molar-refractivity contribution >= 4 is 5.97 Å². The fourth-order valence-corrected chi connectivity index (χ4v) is 1.31. The Morgan fingerprint density at radius 1 is 0.944 bits per heavy atom. The highest BCUT2D eigenvalue weighted by Gasteiger charge is 1.96. The van der Waals surface area contributed by atoms with Crippen molar-refractivity contribution in [3.63, 3.8) is 0 Å². The molecule has 0 radical (unpaired) electrons. The van der Waals surface area contributed by atoms with Gasteiger partial charge < -0.3 is 10.2 Å². The van der Waals surface area contributed by atoms with Gasteiger partial charge in [0.05, 0.1) is 5.56 Å². The minimum atomic E-state index is -0.879. The van der Waals surface area contributed by atoms with Crippen LogP contribution in [0.5, 0.6) is 5.75 Å². The molecule has 2 aromatic rings. The van der Waals surface area contributed by atoms with Gasteiger partial charge in [-0.15, -0.1) is 0 Å². The summed E-state index contributed by atoms with van der Waals surface area (Å²) in [6, 6.07) is 13.7. The van der Waals surface area contributed by atoms with Crippen molar-refractivity contribution in [3.05, 3.63) is 65.2 Å². The maximum Gasteiger partial charge on any atom is 0.335 e. The maximum absolute atomic E-state index is 10.2. The summed E-state index contributed by atoms with van der Waals surface area (Å²) in [5.74, 6) is -0.534. The molecule has 0 aliphatic rings. The van der Waals surface area contributed by atoms with E-state index in [1.807, 2.05) is 19.9 Å². The topological polar surface area (TPSA) is 57.5 Å². The Bertz CT molecular complexity index is 519. The summed E-state index contributed by atoms with van der Waals surface area (Å²) in [7, 11) is 0. The normalized spacial score (nSPS) is 9.22. The van der Waals surface area contributed by atoms with Gasteiger partial charge in [-0.1, -0.05) is 24.3 Å². The van der Waals surface area contributed by atoms with E-state index < -0.39 is 5.97 Å². The fourth-order valence-electron chi connectivity index (χ4n) is 1.31. The Morgan fingerprint density at radius 2 is 1.56 bits per heavy atom. The van der Waals surface area contributed by atoms with E-state index in [1.54, 1.807) is 42.5 Å². The number of benzene rings is 2. The molecule has 0 unspecified atom stereocenters. The molecular weight excluding hydrogens is 228 g/mol. The molecule has 94 valence electrons. The summed E-state index contributed by atoms with van der Waals surface area (Å²) in [6.07, 6.45) is 0. The maximum atomic E-state index is 10.2. The van der Waals surface area contributed by atoms with Crippen molar-refractivity contribution in [1.82, 2.24) is 0 Å². The molecule has 0 aliphatic heterocycles. The first-order valence-corrected chi connectivity index (χ1v) is 5.55. The summed E-state index contributed by atoms with van der Waals surface area (Å²) in [5.41, 5.74) is 2.68. The predicted molar refractivity (Wildman–Crippen MR) is 71.0 cm³/mol. The van der Waals surface area contributed by atoms with E-state index >= 15 is 0 Å². The number of aromatic hydroxyl groups is 1. The highest BCUT2D eigenvalue weighted by molar-refractivity contribution is 5.87. The van der Waals surface area contributed by atoms with Gasteiger partial charge in [0.2, 0.25) is 0 Å². The van der Waals surface area contributed by atoms with E-state index in [2.05, 4.69) is 0 Å². The van der Waals surface area contributed by atoms with E-state index in [1.165, 1.54) is 5.56 Å². The molecule has 0 atom stereocenters. The molecule has 0 saturated heterocycles. The third kappa shape index (κ3) is 4.29. The van der Waals surface area contributed by atoms with Gasteiger partial charge in [-0.05, 0) is 49.2 Å². The smallest absolute Gasteiger partial charge is 0.335 e. The van der Waals surface area contributed by atoms with Crippen molar-refractivity contribution < 1.29 is 15.0 Å². The molecule has 0 aliphatic carbocycles. The molecule has 0 spiro atoms. The average molecular weight is 244 g/mol. The molecule has 0 heterocycles. The van der Waals surface area contributed by atoms with Crippen molar-refractivity contribution in [3.8, 4) is 5.75 Å². The van der Waals surface area contributed by atoms with Gasteiger partial charge in [0.1, 0.15) is 5.75 Å². The number of phenols is 1. The molecule has 2 aromatic carbocycles. The van der Waals surface area contributed by atoms with Crippen LogP contribution in [0.2, 0.25) is 0 Å². The number of hydrogen-bond donors (Lipinski definition) is 2. The summed E-state index contributed by atoms with van der Waals surface area (Å²) < 4.78 is 0. The molecule has 2 N–H and O–H groups in total. The second-order valence-corrected chi connectivity index (χ2v) is 3.94. The molecular formula is C15H16O3. The standard InChI is InChI=1S/C8H10O.C7H6O2/c1-6-3-4-8(9)5-7(6)2;8-7(9)6-4-2-1-3-5-6/h3-5,9H,1-2H3;1-5H,(H,8,9). The summed E-state index contributed by atoms with van der Waals surface area (Å²) in [5, 5.41) is 17.3. The molecule has 0 saturated carbocycles.